The fraction of sp³-hybridized carbons (Fsp3) is 0.712. The molecular weight excluding hydrogens is 864 g/mol. The third-order valence-electron chi connectivity index (χ3n) is 11.8. The number of aliphatic hydroxyl groups excluding tert-OH is 1. The lowest BCUT2D eigenvalue weighted by Gasteiger charge is -2.29. The lowest BCUT2D eigenvalue weighted by atomic mass is 10.0. The number of nitrogens with zero attached hydrogens (tertiary/aromatic N) is 1. The lowest BCUT2D eigenvalue weighted by molar-refractivity contribution is -0.870. The zero-order valence-corrected chi connectivity index (χ0v) is 45.4. The number of aliphatic hydroxyl groups is 1. The summed E-state index contributed by atoms with van der Waals surface area (Å²) in [5, 5.41) is 13.8. The number of rotatable bonds is 49. The Hall–Kier alpha value is -2.58. The van der Waals surface area contributed by atoms with Crippen LogP contribution in [0.5, 0.6) is 0 Å². The fourth-order valence-electron chi connectivity index (χ4n) is 7.47. The first kappa shape index (κ1) is 65.4. The first-order valence-electron chi connectivity index (χ1n) is 27.6. The number of phosphoric ester groups is 1. The molecule has 0 bridgehead atoms. The summed E-state index contributed by atoms with van der Waals surface area (Å²) in [6.45, 7) is 4.49. The van der Waals surface area contributed by atoms with Crippen LogP contribution >= 0.6 is 7.82 Å². The van der Waals surface area contributed by atoms with Crippen LogP contribution in [0.4, 0.5) is 0 Å². The number of hydrogen-bond donors (Lipinski definition) is 2. The van der Waals surface area contributed by atoms with E-state index in [0.29, 0.717) is 17.4 Å². The van der Waals surface area contributed by atoms with E-state index in [-0.39, 0.29) is 12.5 Å². The van der Waals surface area contributed by atoms with Crippen LogP contribution in [0.25, 0.3) is 0 Å². The maximum atomic E-state index is 12.9. The Morgan fingerprint density at radius 2 is 0.912 bits per heavy atom. The molecule has 392 valence electrons. The number of amides is 1. The molecule has 0 saturated carbocycles. The fourth-order valence-corrected chi connectivity index (χ4v) is 8.19. The molecule has 0 heterocycles. The molecule has 0 radical (unpaired) electrons. The third kappa shape index (κ3) is 51.3. The van der Waals surface area contributed by atoms with Gasteiger partial charge in [0.25, 0.3) is 7.82 Å². The van der Waals surface area contributed by atoms with E-state index in [1.54, 1.807) is 6.08 Å². The summed E-state index contributed by atoms with van der Waals surface area (Å²) < 4.78 is 23.3. The van der Waals surface area contributed by atoms with Crippen LogP contribution in [0.15, 0.2) is 97.2 Å². The van der Waals surface area contributed by atoms with Gasteiger partial charge in [0.1, 0.15) is 13.2 Å². The smallest absolute Gasteiger partial charge is 0.268 e. The minimum absolute atomic E-state index is 0.0170. The van der Waals surface area contributed by atoms with E-state index in [2.05, 4.69) is 104 Å². The van der Waals surface area contributed by atoms with Crippen LogP contribution in [-0.2, 0) is 18.4 Å². The van der Waals surface area contributed by atoms with Crippen LogP contribution in [0, 0.1) is 0 Å². The van der Waals surface area contributed by atoms with Crippen molar-refractivity contribution in [3.63, 3.8) is 0 Å². The Morgan fingerprint density at radius 3 is 1.37 bits per heavy atom. The summed E-state index contributed by atoms with van der Waals surface area (Å²) in [4.78, 5) is 25.5. The lowest BCUT2D eigenvalue weighted by Crippen LogP contribution is -2.45. The molecule has 9 heteroatoms. The largest absolute Gasteiger partial charge is 0.756 e. The van der Waals surface area contributed by atoms with Crippen LogP contribution in [0.2, 0.25) is 0 Å². The number of carbonyl (C=O) groups excluding carboxylic acids is 1. The summed E-state index contributed by atoms with van der Waals surface area (Å²) in [7, 11) is 1.21. The van der Waals surface area contributed by atoms with Gasteiger partial charge in [0.05, 0.1) is 39.9 Å². The maximum Gasteiger partial charge on any atom is 0.268 e. The predicted octanol–water partition coefficient (Wildman–Crippen LogP) is 16.0. The van der Waals surface area contributed by atoms with Gasteiger partial charge in [0.2, 0.25) is 5.91 Å². The van der Waals surface area contributed by atoms with Gasteiger partial charge in [-0.3, -0.25) is 9.36 Å². The summed E-state index contributed by atoms with van der Waals surface area (Å²) >= 11 is 0. The number of unbranched alkanes of at least 4 members (excludes halogenated alkanes) is 22. The van der Waals surface area contributed by atoms with Gasteiger partial charge in [-0.1, -0.05) is 227 Å². The molecule has 0 aliphatic heterocycles. The predicted molar refractivity (Wildman–Crippen MR) is 293 cm³/mol. The monoisotopic (exact) mass is 969 g/mol. The van der Waals surface area contributed by atoms with Gasteiger partial charge in [0, 0.05) is 6.42 Å². The summed E-state index contributed by atoms with van der Waals surface area (Å²) in [6.07, 6.45) is 70.5. The molecule has 0 aromatic carbocycles. The van der Waals surface area contributed by atoms with Gasteiger partial charge in [0.15, 0.2) is 0 Å². The normalized spacial score (nSPS) is 14.8. The summed E-state index contributed by atoms with van der Waals surface area (Å²) in [5.74, 6) is -0.234. The Morgan fingerprint density at radius 1 is 0.529 bits per heavy atom. The highest BCUT2D eigenvalue weighted by Gasteiger charge is 2.23. The highest BCUT2D eigenvalue weighted by atomic mass is 31.2. The molecule has 3 unspecified atom stereocenters. The highest BCUT2D eigenvalue weighted by Crippen LogP contribution is 2.38. The highest BCUT2D eigenvalue weighted by molar-refractivity contribution is 7.45. The van der Waals surface area contributed by atoms with E-state index in [0.717, 1.165) is 89.9 Å². The van der Waals surface area contributed by atoms with Crippen molar-refractivity contribution in [3.05, 3.63) is 97.2 Å². The minimum atomic E-state index is -4.62. The Balaban J connectivity index is 4.39. The van der Waals surface area contributed by atoms with Crippen molar-refractivity contribution in [2.45, 2.75) is 231 Å². The average Bonchev–Trinajstić information content (AvgIpc) is 3.30. The van der Waals surface area contributed by atoms with E-state index in [9.17, 15) is 19.4 Å². The molecule has 1 amide bonds. The van der Waals surface area contributed by atoms with Crippen molar-refractivity contribution < 1.29 is 32.9 Å². The van der Waals surface area contributed by atoms with Gasteiger partial charge in [-0.25, -0.2) is 0 Å². The molecule has 0 aromatic heterocycles. The van der Waals surface area contributed by atoms with E-state index in [4.69, 9.17) is 9.05 Å². The third-order valence-corrected chi connectivity index (χ3v) is 12.7. The minimum Gasteiger partial charge on any atom is -0.756 e. The van der Waals surface area contributed by atoms with E-state index < -0.39 is 26.6 Å². The molecule has 68 heavy (non-hydrogen) atoms. The molecule has 0 rings (SSSR count). The Bertz CT molecular complexity index is 1420. The van der Waals surface area contributed by atoms with Gasteiger partial charge in [-0.15, -0.1) is 0 Å². The van der Waals surface area contributed by atoms with Crippen LogP contribution < -0.4 is 10.2 Å². The summed E-state index contributed by atoms with van der Waals surface area (Å²) in [6, 6.07) is -0.925. The second-order valence-corrected chi connectivity index (χ2v) is 21.0. The van der Waals surface area contributed by atoms with Gasteiger partial charge >= 0.3 is 0 Å². The van der Waals surface area contributed by atoms with Crippen molar-refractivity contribution in [1.82, 2.24) is 5.32 Å². The Labute approximate surface area is 419 Å². The van der Waals surface area contributed by atoms with Gasteiger partial charge < -0.3 is 28.8 Å². The average molecular weight is 969 g/mol. The molecule has 2 N–H and O–H groups in total. The zero-order valence-electron chi connectivity index (χ0n) is 44.5. The first-order valence-corrected chi connectivity index (χ1v) is 29.1. The number of carbonyl (C=O) groups is 1. The number of nitrogens with one attached hydrogen (secondary N) is 1. The van der Waals surface area contributed by atoms with Crippen molar-refractivity contribution in [2.24, 2.45) is 0 Å². The van der Waals surface area contributed by atoms with Crippen molar-refractivity contribution >= 4 is 13.7 Å². The van der Waals surface area contributed by atoms with Crippen molar-refractivity contribution in [2.75, 3.05) is 40.9 Å². The van der Waals surface area contributed by atoms with Gasteiger partial charge in [-0.2, -0.15) is 0 Å². The first-order chi connectivity index (χ1) is 33.0. The SMILES string of the molecule is CC/C=C\C/C=C\C/C=C\C/C=C\C/C=C\C/C=C\CCCCCCC(=O)NC(COP(=O)([O-])OCC[N+](C)(C)C)C(O)/C=C/CC/C=C/CCCCCCCCCCCCCCCCCCC. The number of allylic oxidation sites excluding steroid dienone is 15. The number of phosphoric acid groups is 1. The molecule has 3 atom stereocenters. The molecule has 0 spiro atoms. The molecule has 0 aliphatic rings. The second-order valence-electron chi connectivity index (χ2n) is 19.5. The topological polar surface area (TPSA) is 108 Å². The van der Waals surface area contributed by atoms with Crippen molar-refractivity contribution in [3.8, 4) is 0 Å². The van der Waals surface area contributed by atoms with E-state index in [1.807, 2.05) is 27.2 Å². The molecule has 0 fully saturated rings. The zero-order chi connectivity index (χ0) is 49.9. The molecule has 0 aromatic rings. The maximum absolute atomic E-state index is 12.9. The number of likely N-dealkylation sites (N-methyl/N-ethyl adjacent to an activating group) is 1. The van der Waals surface area contributed by atoms with Crippen molar-refractivity contribution in [1.29, 1.82) is 0 Å². The quantitative estimate of drug-likeness (QED) is 0.0272. The molecular formula is C59H105N2O6P. The molecule has 0 saturated heterocycles. The standard InChI is InChI=1S/C59H105N2O6P/c1-6-8-10-12-14-16-18-20-22-24-26-28-30-32-34-36-38-40-42-44-46-48-50-52-58(62)57(56-67-68(64,65)66-55-54-61(3,4)5)60-59(63)53-51-49-47-45-43-41-39-37-35-33-31-29-27-25-23-21-19-17-15-13-11-9-7-2/h9,11,15,17,21,23,27,29,33,35,39,41-42,44,50,52,57-58,62H,6-8,10,12-14,16,18-20,22,24-26,28,30-32,34,36-38,40,43,45-49,51,53-56H2,1-5H3,(H-,60,63,64,65)/b11-9-,17-15-,23-21-,29-27-,35-33-,41-39-,44-42+,52-50+. The Kier molecular flexibility index (Phi) is 47.5. The van der Waals surface area contributed by atoms with E-state index in [1.165, 1.54) is 109 Å². The molecule has 8 nitrogen and oxygen atoms in total. The second kappa shape index (κ2) is 49.4. The van der Waals surface area contributed by atoms with Crippen LogP contribution in [0.1, 0.15) is 219 Å². The summed E-state index contributed by atoms with van der Waals surface area (Å²) in [5.41, 5.74) is 0. The van der Waals surface area contributed by atoms with Gasteiger partial charge in [-0.05, 0) is 83.5 Å². The molecule has 0 aliphatic carbocycles. The van der Waals surface area contributed by atoms with Crippen LogP contribution in [0.3, 0.4) is 0 Å². The van der Waals surface area contributed by atoms with E-state index >= 15 is 0 Å². The van der Waals surface area contributed by atoms with Crippen LogP contribution in [-0.4, -0.2) is 68.5 Å². The number of hydrogen-bond acceptors (Lipinski definition) is 6. The number of quaternary nitrogens is 1.